The van der Waals surface area contributed by atoms with Crippen molar-refractivity contribution in [2.75, 3.05) is 13.2 Å². The number of rotatable bonds is 48. The Morgan fingerprint density at radius 1 is 0.350 bits per heavy atom. The quantitative estimate of drug-likeness (QED) is 0.0345. The Morgan fingerprint density at radius 2 is 0.633 bits per heavy atom. The van der Waals surface area contributed by atoms with Crippen molar-refractivity contribution in [2.24, 2.45) is 11.8 Å². The summed E-state index contributed by atoms with van der Waals surface area (Å²) in [5.41, 5.74) is 0. The van der Waals surface area contributed by atoms with Gasteiger partial charge in [-0.15, -0.1) is 0 Å². The lowest BCUT2D eigenvalue weighted by Gasteiger charge is -2.18. The minimum absolute atomic E-state index is 0.0643. The fourth-order valence-electron chi connectivity index (χ4n) is 8.13. The molecule has 0 bridgehead atoms. The number of esters is 3. The van der Waals surface area contributed by atoms with Gasteiger partial charge in [-0.3, -0.25) is 14.4 Å². The van der Waals surface area contributed by atoms with E-state index in [0.717, 1.165) is 69.6 Å². The molecule has 0 aromatic heterocycles. The number of hydrogen-bond acceptors (Lipinski definition) is 6. The van der Waals surface area contributed by atoms with Gasteiger partial charge in [0.05, 0.1) is 0 Å². The summed E-state index contributed by atoms with van der Waals surface area (Å²) in [6.45, 7) is 11.4. The molecule has 0 saturated carbocycles. The zero-order valence-electron chi connectivity index (χ0n) is 41.1. The van der Waals surface area contributed by atoms with Gasteiger partial charge in [-0.25, -0.2) is 0 Å². The third-order valence-electron chi connectivity index (χ3n) is 12.6. The van der Waals surface area contributed by atoms with E-state index in [0.29, 0.717) is 19.3 Å². The molecule has 0 fully saturated rings. The summed E-state index contributed by atoms with van der Waals surface area (Å²) in [4.78, 5) is 37.9. The molecule has 0 amide bonds. The summed E-state index contributed by atoms with van der Waals surface area (Å²) in [7, 11) is 0. The highest BCUT2D eigenvalue weighted by molar-refractivity contribution is 5.71. The topological polar surface area (TPSA) is 78.9 Å². The first-order chi connectivity index (χ1) is 29.3. The average Bonchev–Trinajstić information content (AvgIpc) is 3.23. The monoisotopic (exact) mass is 849 g/mol. The van der Waals surface area contributed by atoms with Gasteiger partial charge >= 0.3 is 17.9 Å². The molecule has 2 atom stereocenters. The van der Waals surface area contributed by atoms with Crippen LogP contribution in [0.15, 0.2) is 0 Å². The first-order valence-electron chi connectivity index (χ1n) is 26.8. The highest BCUT2D eigenvalue weighted by Gasteiger charge is 2.19. The third-order valence-corrected chi connectivity index (χ3v) is 12.6. The molecule has 0 N–H and O–H groups in total. The van der Waals surface area contributed by atoms with E-state index in [1.165, 1.54) is 186 Å². The van der Waals surface area contributed by atoms with E-state index in [4.69, 9.17) is 14.2 Å². The van der Waals surface area contributed by atoms with Crippen LogP contribution in [0.2, 0.25) is 0 Å². The molecule has 0 aromatic rings. The zero-order chi connectivity index (χ0) is 44.0. The molecule has 0 spiro atoms. The van der Waals surface area contributed by atoms with Gasteiger partial charge in [0.15, 0.2) is 6.10 Å². The van der Waals surface area contributed by atoms with Gasteiger partial charge in [-0.2, -0.15) is 0 Å². The molecule has 356 valence electrons. The number of carbonyl (C=O) groups excluding carboxylic acids is 3. The van der Waals surface area contributed by atoms with Crippen LogP contribution < -0.4 is 0 Å². The zero-order valence-corrected chi connectivity index (χ0v) is 41.1. The van der Waals surface area contributed by atoms with Gasteiger partial charge in [0.25, 0.3) is 0 Å². The minimum atomic E-state index is -0.762. The Kier molecular flexibility index (Phi) is 45.7. The number of carbonyl (C=O) groups is 3. The Hall–Kier alpha value is -1.59. The summed E-state index contributed by atoms with van der Waals surface area (Å²) in [5.74, 6) is 0.818. The molecule has 0 aliphatic heterocycles. The van der Waals surface area contributed by atoms with Crippen LogP contribution in [0.1, 0.15) is 298 Å². The van der Waals surface area contributed by atoms with E-state index in [2.05, 4.69) is 34.6 Å². The summed E-state index contributed by atoms with van der Waals surface area (Å²) < 4.78 is 16.8. The van der Waals surface area contributed by atoms with Crippen molar-refractivity contribution in [3.63, 3.8) is 0 Å². The first-order valence-corrected chi connectivity index (χ1v) is 26.8. The molecule has 1 unspecified atom stereocenters. The van der Waals surface area contributed by atoms with E-state index in [9.17, 15) is 14.4 Å². The lowest BCUT2D eigenvalue weighted by Crippen LogP contribution is -2.30. The Morgan fingerprint density at radius 3 is 0.950 bits per heavy atom. The standard InChI is InChI=1S/C54H104O6/c1-6-8-9-10-11-12-21-25-28-34-39-44-52(55)58-47-51(60-54(57)46-41-36-31-30-33-38-43-50(5)7-2)48-59-53(56)45-40-35-29-26-23-20-18-16-14-13-15-17-19-22-24-27-32-37-42-49(3)4/h49-51H,6-48H2,1-5H3/t50?,51-/m1/s1. The molecule has 0 aromatic carbocycles. The smallest absolute Gasteiger partial charge is 0.306 e. The number of ether oxygens (including phenoxy) is 3. The summed E-state index contributed by atoms with van der Waals surface area (Å²) in [6.07, 6.45) is 48.1. The van der Waals surface area contributed by atoms with Crippen LogP contribution in [0.5, 0.6) is 0 Å². The van der Waals surface area contributed by atoms with E-state index < -0.39 is 6.10 Å². The first kappa shape index (κ1) is 58.4. The van der Waals surface area contributed by atoms with Crippen LogP contribution in [0.25, 0.3) is 0 Å². The molecule has 0 aliphatic carbocycles. The predicted molar refractivity (Wildman–Crippen MR) is 256 cm³/mol. The lowest BCUT2D eigenvalue weighted by atomic mass is 10.00. The maximum atomic E-state index is 12.7. The van der Waals surface area contributed by atoms with Crippen molar-refractivity contribution in [1.82, 2.24) is 0 Å². The average molecular weight is 849 g/mol. The minimum Gasteiger partial charge on any atom is -0.462 e. The Bertz CT molecular complexity index is 918. The second-order valence-corrected chi connectivity index (χ2v) is 19.2. The molecule has 0 heterocycles. The Labute approximate surface area is 374 Å². The molecule has 6 heteroatoms. The summed E-state index contributed by atoms with van der Waals surface area (Å²) in [5, 5.41) is 0. The van der Waals surface area contributed by atoms with Gasteiger partial charge in [0, 0.05) is 19.3 Å². The normalized spacial score (nSPS) is 12.5. The van der Waals surface area contributed by atoms with Crippen LogP contribution in [-0.4, -0.2) is 37.2 Å². The second-order valence-electron chi connectivity index (χ2n) is 19.2. The van der Waals surface area contributed by atoms with E-state index >= 15 is 0 Å². The number of hydrogen-bond donors (Lipinski definition) is 0. The molecular formula is C54H104O6. The number of unbranched alkanes of at least 4 members (excludes halogenated alkanes) is 32. The molecular weight excluding hydrogens is 745 g/mol. The third kappa shape index (κ3) is 45.9. The second kappa shape index (κ2) is 46.9. The van der Waals surface area contributed by atoms with Crippen LogP contribution in [0, 0.1) is 11.8 Å². The molecule has 60 heavy (non-hydrogen) atoms. The van der Waals surface area contributed by atoms with E-state index in [1.54, 1.807) is 0 Å². The van der Waals surface area contributed by atoms with Crippen LogP contribution in [0.3, 0.4) is 0 Å². The summed E-state index contributed by atoms with van der Waals surface area (Å²) in [6, 6.07) is 0. The van der Waals surface area contributed by atoms with Crippen LogP contribution >= 0.6 is 0 Å². The fourth-order valence-corrected chi connectivity index (χ4v) is 8.13. The highest BCUT2D eigenvalue weighted by atomic mass is 16.6. The van der Waals surface area contributed by atoms with Gasteiger partial charge in [0.2, 0.25) is 0 Å². The van der Waals surface area contributed by atoms with E-state index in [-0.39, 0.29) is 31.1 Å². The molecule has 0 rings (SSSR count). The van der Waals surface area contributed by atoms with Crippen molar-refractivity contribution in [3.05, 3.63) is 0 Å². The summed E-state index contributed by atoms with van der Waals surface area (Å²) >= 11 is 0. The molecule has 0 aliphatic rings. The maximum Gasteiger partial charge on any atom is 0.306 e. The lowest BCUT2D eigenvalue weighted by molar-refractivity contribution is -0.167. The van der Waals surface area contributed by atoms with Crippen molar-refractivity contribution in [1.29, 1.82) is 0 Å². The molecule has 6 nitrogen and oxygen atoms in total. The predicted octanol–water partition coefficient (Wildman–Crippen LogP) is 17.3. The van der Waals surface area contributed by atoms with Gasteiger partial charge in [0.1, 0.15) is 13.2 Å². The van der Waals surface area contributed by atoms with Gasteiger partial charge in [-0.05, 0) is 31.1 Å². The van der Waals surface area contributed by atoms with Crippen LogP contribution in [0.4, 0.5) is 0 Å². The van der Waals surface area contributed by atoms with Gasteiger partial charge in [-0.1, -0.05) is 259 Å². The largest absolute Gasteiger partial charge is 0.462 e. The highest BCUT2D eigenvalue weighted by Crippen LogP contribution is 2.18. The fraction of sp³-hybridized carbons (Fsp3) is 0.944. The van der Waals surface area contributed by atoms with Crippen LogP contribution in [-0.2, 0) is 28.6 Å². The van der Waals surface area contributed by atoms with Crippen molar-refractivity contribution in [2.45, 2.75) is 304 Å². The molecule has 0 saturated heterocycles. The van der Waals surface area contributed by atoms with Crippen molar-refractivity contribution >= 4 is 17.9 Å². The van der Waals surface area contributed by atoms with Crippen molar-refractivity contribution in [3.8, 4) is 0 Å². The molecule has 0 radical (unpaired) electrons. The SMILES string of the molecule is CCCCCCCCCCCCCC(=O)OC[C@H](COC(=O)CCCCCCCCCCCCCCCCCCCCC(C)C)OC(=O)CCCCCCCCC(C)CC. The van der Waals surface area contributed by atoms with Gasteiger partial charge < -0.3 is 14.2 Å². The Balaban J connectivity index is 4.18. The van der Waals surface area contributed by atoms with Crippen molar-refractivity contribution < 1.29 is 28.6 Å². The maximum absolute atomic E-state index is 12.7. The van der Waals surface area contributed by atoms with E-state index in [1.807, 2.05) is 0 Å².